The van der Waals surface area contributed by atoms with Gasteiger partial charge in [0.25, 0.3) is 0 Å². The number of rotatable bonds is 5. The second-order valence-corrected chi connectivity index (χ2v) is 10.1. The normalized spacial score (nSPS) is 22.3. The van der Waals surface area contributed by atoms with Gasteiger partial charge in [0.15, 0.2) is 0 Å². The van der Waals surface area contributed by atoms with Gasteiger partial charge in [-0.3, -0.25) is 4.90 Å². The van der Waals surface area contributed by atoms with E-state index in [2.05, 4.69) is 25.8 Å². The molecule has 9 heteroatoms. The molecular weight excluding hydrogens is 390 g/mol. The second kappa shape index (κ2) is 7.54. The van der Waals surface area contributed by atoms with Gasteiger partial charge in [-0.05, 0) is 86.7 Å². The summed E-state index contributed by atoms with van der Waals surface area (Å²) >= 11 is 0. The van der Waals surface area contributed by atoms with Crippen LogP contribution in [0.15, 0.2) is 6.07 Å². The molecule has 0 radical (unpaired) electrons. The molecule has 158 valence electrons. The number of benzene rings is 1. The molecule has 2 fully saturated rings. The Hall–Kier alpha value is -1.68. The van der Waals surface area contributed by atoms with Crippen LogP contribution in [-0.4, -0.2) is 56.6 Å². The third kappa shape index (κ3) is 3.88. The minimum absolute atomic E-state index is 0.406. The Bertz CT molecular complexity index is 888. The first-order valence-electron chi connectivity index (χ1n) is 10.8. The number of fused-ring (bicyclic) bond motifs is 2. The average molecular weight is 420 g/mol. The van der Waals surface area contributed by atoms with Crippen molar-refractivity contribution >= 4 is 21.9 Å². The topological polar surface area (TPSA) is 93.8 Å². The highest BCUT2D eigenvalue weighted by molar-refractivity contribution is 7.88. The lowest BCUT2D eigenvalue weighted by Gasteiger charge is -2.43. The van der Waals surface area contributed by atoms with E-state index in [1.807, 2.05) is 0 Å². The number of hydrogen-bond donors (Lipinski definition) is 3. The Kier molecular flexibility index (Phi) is 5.01. The first-order chi connectivity index (χ1) is 14.0. The Morgan fingerprint density at radius 2 is 1.55 bits per heavy atom. The zero-order chi connectivity index (χ0) is 20.0. The number of nitrogens with zero attached hydrogens (tertiary/aromatic N) is 2. The summed E-state index contributed by atoms with van der Waals surface area (Å²) in [4.78, 5) is 17.4. The van der Waals surface area contributed by atoms with Crippen LogP contribution < -0.4 is 14.9 Å². The number of aryl methyl sites for hydroxylation is 2. The zero-order valence-corrected chi connectivity index (χ0v) is 17.5. The highest BCUT2D eigenvalue weighted by atomic mass is 32.2. The molecule has 5 rings (SSSR count). The van der Waals surface area contributed by atoms with Crippen molar-refractivity contribution in [3.63, 3.8) is 0 Å². The van der Waals surface area contributed by atoms with Crippen LogP contribution in [0.4, 0.5) is 10.5 Å². The van der Waals surface area contributed by atoms with Gasteiger partial charge in [-0.2, -0.15) is 8.42 Å². The van der Waals surface area contributed by atoms with E-state index in [1.54, 1.807) is 5.01 Å². The van der Waals surface area contributed by atoms with Crippen molar-refractivity contribution in [2.75, 3.05) is 31.5 Å². The van der Waals surface area contributed by atoms with E-state index in [-0.39, 0.29) is 0 Å². The summed E-state index contributed by atoms with van der Waals surface area (Å²) in [6.07, 6.45) is 8.55. The van der Waals surface area contributed by atoms with Crippen LogP contribution in [-0.2, 0) is 35.9 Å². The van der Waals surface area contributed by atoms with Gasteiger partial charge in [0.05, 0.1) is 0 Å². The van der Waals surface area contributed by atoms with E-state index in [0.29, 0.717) is 19.1 Å². The maximum Gasteiger partial charge on any atom is 0.333 e. The van der Waals surface area contributed by atoms with E-state index in [1.165, 1.54) is 35.1 Å². The quantitative estimate of drug-likeness (QED) is 0.669. The fraction of sp³-hybridized carbons (Fsp3) is 0.650. The van der Waals surface area contributed by atoms with Crippen molar-refractivity contribution in [1.82, 2.24) is 19.5 Å². The smallest absolute Gasteiger partial charge is 0.307 e. The molecule has 2 heterocycles. The van der Waals surface area contributed by atoms with Gasteiger partial charge < -0.3 is 5.32 Å². The van der Waals surface area contributed by atoms with Gasteiger partial charge in [-0.25, -0.2) is 14.5 Å². The number of hydrazine groups is 1. The number of likely N-dealkylation sites (tertiary alicyclic amines) is 1. The van der Waals surface area contributed by atoms with Crippen LogP contribution in [0.5, 0.6) is 0 Å². The molecule has 8 nitrogen and oxygen atoms in total. The molecule has 4 aliphatic rings. The molecule has 0 bridgehead atoms. The van der Waals surface area contributed by atoms with Crippen molar-refractivity contribution in [2.24, 2.45) is 0 Å². The fourth-order valence-corrected chi connectivity index (χ4v) is 6.12. The Morgan fingerprint density at radius 3 is 2.17 bits per heavy atom. The van der Waals surface area contributed by atoms with E-state index in [0.717, 1.165) is 57.3 Å². The monoisotopic (exact) mass is 419 g/mol. The number of carbonyl (C=O) groups is 1. The molecule has 0 unspecified atom stereocenters. The number of urea groups is 1. The standard InChI is InChI=1S/C20H29N5O3S/c26-20(21-19-17-7-3-5-14(17)11-15-6-4-8-18(15)19)22-29(27,28)23-25-12-16(13-25)24-9-1-2-10-24/h11,16,23H,1-10,12-13H2,(H2,21,22,26). The minimum atomic E-state index is -3.94. The van der Waals surface area contributed by atoms with E-state index < -0.39 is 16.2 Å². The Morgan fingerprint density at radius 1 is 0.931 bits per heavy atom. The van der Waals surface area contributed by atoms with Crippen LogP contribution >= 0.6 is 0 Å². The second-order valence-electron chi connectivity index (χ2n) is 8.69. The van der Waals surface area contributed by atoms with Crippen LogP contribution in [0.1, 0.15) is 47.9 Å². The summed E-state index contributed by atoms with van der Waals surface area (Å²) in [7, 11) is -3.94. The third-order valence-electron chi connectivity index (χ3n) is 6.71. The van der Waals surface area contributed by atoms with Crippen molar-refractivity contribution in [3.05, 3.63) is 28.3 Å². The van der Waals surface area contributed by atoms with Crippen LogP contribution in [0.25, 0.3) is 0 Å². The summed E-state index contributed by atoms with van der Waals surface area (Å²) in [6.45, 7) is 3.50. The van der Waals surface area contributed by atoms with Gasteiger partial charge >= 0.3 is 16.2 Å². The van der Waals surface area contributed by atoms with Crippen molar-refractivity contribution in [1.29, 1.82) is 0 Å². The zero-order valence-electron chi connectivity index (χ0n) is 16.7. The van der Waals surface area contributed by atoms with E-state index in [4.69, 9.17) is 0 Å². The summed E-state index contributed by atoms with van der Waals surface area (Å²) in [5, 5.41) is 4.51. The number of hydrogen-bond acceptors (Lipinski definition) is 5. The van der Waals surface area contributed by atoms with Gasteiger partial charge in [-0.1, -0.05) is 6.07 Å². The summed E-state index contributed by atoms with van der Waals surface area (Å²) in [6, 6.07) is 2.00. The summed E-state index contributed by atoms with van der Waals surface area (Å²) in [5.74, 6) is 0. The molecule has 0 atom stereocenters. The fourth-order valence-electron chi connectivity index (χ4n) is 5.29. The van der Waals surface area contributed by atoms with Gasteiger partial charge in [0, 0.05) is 24.8 Å². The van der Waals surface area contributed by atoms with Gasteiger partial charge in [0.1, 0.15) is 0 Å². The molecule has 0 spiro atoms. The molecule has 3 N–H and O–H groups in total. The summed E-state index contributed by atoms with van der Waals surface area (Å²) in [5.41, 5.74) is 5.81. The lowest BCUT2D eigenvalue weighted by molar-refractivity contribution is 0.0310. The lowest BCUT2D eigenvalue weighted by Crippen LogP contribution is -2.65. The highest BCUT2D eigenvalue weighted by Gasteiger charge is 2.35. The number of carbonyl (C=O) groups excluding carboxylic acids is 1. The molecular formula is C20H29N5O3S. The minimum Gasteiger partial charge on any atom is -0.307 e. The SMILES string of the molecule is O=C(Nc1c2c(cc3c1CCC3)CCC2)NS(=O)(=O)NN1CC(N2CCCC2)C1. The predicted molar refractivity (Wildman–Crippen MR) is 111 cm³/mol. The average Bonchev–Trinajstić information content (AvgIpc) is 3.37. The molecule has 2 aliphatic heterocycles. The summed E-state index contributed by atoms with van der Waals surface area (Å²) < 4.78 is 26.9. The van der Waals surface area contributed by atoms with E-state index in [9.17, 15) is 13.2 Å². The third-order valence-corrected chi connectivity index (χ3v) is 7.66. The molecule has 1 aromatic carbocycles. The van der Waals surface area contributed by atoms with Crippen LogP contribution in [0.3, 0.4) is 0 Å². The predicted octanol–water partition coefficient (Wildman–Crippen LogP) is 1.31. The van der Waals surface area contributed by atoms with Crippen LogP contribution in [0.2, 0.25) is 0 Å². The maximum absolute atomic E-state index is 12.5. The molecule has 1 aromatic rings. The Balaban J connectivity index is 1.20. The maximum atomic E-state index is 12.5. The number of anilines is 1. The molecule has 0 saturated carbocycles. The van der Waals surface area contributed by atoms with Crippen molar-refractivity contribution in [3.8, 4) is 0 Å². The first-order valence-corrected chi connectivity index (χ1v) is 12.2. The van der Waals surface area contributed by atoms with Crippen molar-refractivity contribution < 1.29 is 13.2 Å². The molecule has 2 amide bonds. The van der Waals surface area contributed by atoms with Gasteiger partial charge in [-0.15, -0.1) is 4.83 Å². The molecule has 0 aromatic heterocycles. The molecule has 29 heavy (non-hydrogen) atoms. The van der Waals surface area contributed by atoms with Crippen LogP contribution in [0, 0.1) is 0 Å². The van der Waals surface area contributed by atoms with Crippen molar-refractivity contribution in [2.45, 2.75) is 57.4 Å². The number of nitrogens with one attached hydrogen (secondary N) is 3. The van der Waals surface area contributed by atoms with E-state index >= 15 is 0 Å². The number of amides is 2. The molecule has 2 saturated heterocycles. The Labute approximate surface area is 172 Å². The first kappa shape index (κ1) is 19.3. The highest BCUT2D eigenvalue weighted by Crippen LogP contribution is 2.38. The molecule has 2 aliphatic carbocycles. The van der Waals surface area contributed by atoms with Gasteiger partial charge in [0.2, 0.25) is 0 Å². The lowest BCUT2D eigenvalue weighted by atomic mass is 9.99. The largest absolute Gasteiger partial charge is 0.333 e.